The van der Waals surface area contributed by atoms with Gasteiger partial charge in [-0.3, -0.25) is 0 Å². The topological polar surface area (TPSA) is 58.7 Å². The monoisotopic (exact) mass is 268 g/mol. The second kappa shape index (κ2) is 10.2. The molecule has 0 amide bonds. The van der Waals surface area contributed by atoms with Crippen LogP contribution in [0, 0.1) is 11.8 Å². The van der Waals surface area contributed by atoms with Gasteiger partial charge in [0.2, 0.25) is 0 Å². The lowest BCUT2D eigenvalue weighted by atomic mass is 10.1. The van der Waals surface area contributed by atoms with Crippen LogP contribution in [0.2, 0.25) is 0 Å². The van der Waals surface area contributed by atoms with Crippen molar-refractivity contribution < 1.29 is 9.84 Å². The molecule has 1 rings (SSSR count). The summed E-state index contributed by atoms with van der Waals surface area (Å²) in [5.74, 6) is 5.31. The van der Waals surface area contributed by atoms with Crippen LogP contribution in [0.25, 0.3) is 0 Å². The highest BCUT2D eigenvalue weighted by molar-refractivity contribution is 5.01. The molecule has 0 aromatic carbocycles. The molecule has 19 heavy (non-hydrogen) atoms. The number of likely N-dealkylation sites (tertiary alicyclic amines) is 1. The van der Waals surface area contributed by atoms with Gasteiger partial charge in [0.1, 0.15) is 6.10 Å². The molecule has 0 radical (unpaired) electrons. The number of nitrogens with two attached hydrogens (primary N) is 1. The molecule has 1 aliphatic heterocycles. The van der Waals surface area contributed by atoms with Crippen LogP contribution in [-0.4, -0.2) is 55.0 Å². The largest absolute Gasteiger partial charge is 0.378 e. The molecule has 3 N–H and O–H groups in total. The summed E-state index contributed by atoms with van der Waals surface area (Å²) in [6.45, 7) is 6.14. The highest BCUT2D eigenvalue weighted by Gasteiger charge is 2.11. The lowest BCUT2D eigenvalue weighted by Crippen LogP contribution is -2.34. The Morgan fingerprint density at radius 3 is 2.68 bits per heavy atom. The fraction of sp³-hybridized carbons (Fsp3) is 0.867. The SMILES string of the molecule is CC#CC(O)COCCC(N)CCN1CCCCC1. The predicted molar refractivity (Wildman–Crippen MR) is 77.8 cm³/mol. The Morgan fingerprint density at radius 1 is 1.26 bits per heavy atom. The number of nitrogens with zero attached hydrogens (tertiary/aromatic N) is 1. The van der Waals surface area contributed by atoms with Gasteiger partial charge in [0, 0.05) is 12.6 Å². The van der Waals surface area contributed by atoms with E-state index in [4.69, 9.17) is 10.5 Å². The molecule has 2 unspecified atom stereocenters. The van der Waals surface area contributed by atoms with E-state index in [1.54, 1.807) is 6.92 Å². The predicted octanol–water partition coefficient (Wildman–Crippen LogP) is 0.981. The van der Waals surface area contributed by atoms with Gasteiger partial charge in [-0.2, -0.15) is 0 Å². The third-order valence-corrected chi connectivity index (χ3v) is 3.48. The molecule has 4 nitrogen and oxygen atoms in total. The Hall–Kier alpha value is -0.600. The molecule has 0 aromatic rings. The first-order valence-corrected chi connectivity index (χ1v) is 7.38. The molecule has 1 aliphatic rings. The van der Waals surface area contributed by atoms with Crippen molar-refractivity contribution in [3.8, 4) is 11.8 Å². The first kappa shape index (κ1) is 16.5. The van der Waals surface area contributed by atoms with E-state index in [2.05, 4.69) is 16.7 Å². The van der Waals surface area contributed by atoms with Crippen LogP contribution in [0.5, 0.6) is 0 Å². The number of piperidine rings is 1. The number of rotatable bonds is 8. The van der Waals surface area contributed by atoms with Crippen LogP contribution in [0.1, 0.15) is 39.0 Å². The zero-order valence-electron chi connectivity index (χ0n) is 12.1. The lowest BCUT2D eigenvalue weighted by molar-refractivity contribution is 0.0595. The number of hydrogen-bond acceptors (Lipinski definition) is 4. The Kier molecular flexibility index (Phi) is 8.85. The summed E-state index contributed by atoms with van der Waals surface area (Å²) in [5.41, 5.74) is 6.07. The fourth-order valence-electron chi connectivity index (χ4n) is 2.31. The van der Waals surface area contributed by atoms with E-state index in [1.165, 1.54) is 32.4 Å². The maximum atomic E-state index is 9.35. The number of aliphatic hydroxyl groups excluding tert-OH is 1. The van der Waals surface area contributed by atoms with Crippen LogP contribution >= 0.6 is 0 Å². The first-order chi connectivity index (χ1) is 9.22. The molecule has 0 aliphatic carbocycles. The molecule has 0 bridgehead atoms. The van der Waals surface area contributed by atoms with E-state index < -0.39 is 6.10 Å². The fourth-order valence-corrected chi connectivity index (χ4v) is 2.31. The summed E-state index contributed by atoms with van der Waals surface area (Å²) in [5, 5.41) is 9.35. The van der Waals surface area contributed by atoms with Crippen molar-refractivity contribution in [3.63, 3.8) is 0 Å². The van der Waals surface area contributed by atoms with E-state index in [9.17, 15) is 5.11 Å². The summed E-state index contributed by atoms with van der Waals surface area (Å²) >= 11 is 0. The maximum absolute atomic E-state index is 9.35. The molecule has 1 fully saturated rings. The molecule has 1 saturated heterocycles. The molecule has 4 heteroatoms. The van der Waals surface area contributed by atoms with Crippen LogP contribution in [-0.2, 0) is 4.74 Å². The minimum atomic E-state index is -0.672. The summed E-state index contributed by atoms with van der Waals surface area (Å²) in [7, 11) is 0. The second-order valence-corrected chi connectivity index (χ2v) is 5.22. The Morgan fingerprint density at radius 2 is 2.00 bits per heavy atom. The Balaban J connectivity index is 1.97. The third-order valence-electron chi connectivity index (χ3n) is 3.48. The molecule has 110 valence electrons. The van der Waals surface area contributed by atoms with Crippen molar-refractivity contribution in [3.05, 3.63) is 0 Å². The van der Waals surface area contributed by atoms with Crippen LogP contribution in [0.15, 0.2) is 0 Å². The van der Waals surface area contributed by atoms with E-state index >= 15 is 0 Å². The lowest BCUT2D eigenvalue weighted by Gasteiger charge is -2.27. The van der Waals surface area contributed by atoms with E-state index in [-0.39, 0.29) is 12.6 Å². The van der Waals surface area contributed by atoms with Crippen LogP contribution < -0.4 is 5.73 Å². The van der Waals surface area contributed by atoms with Gasteiger partial charge in [0.25, 0.3) is 0 Å². The van der Waals surface area contributed by atoms with E-state index in [1.807, 2.05) is 0 Å². The Bertz CT molecular complexity index is 280. The van der Waals surface area contributed by atoms with Crippen LogP contribution in [0.3, 0.4) is 0 Å². The molecule has 0 spiro atoms. The molecule has 1 heterocycles. The summed E-state index contributed by atoms with van der Waals surface area (Å²) in [4.78, 5) is 2.50. The van der Waals surface area contributed by atoms with Crippen molar-refractivity contribution in [2.75, 3.05) is 32.8 Å². The van der Waals surface area contributed by atoms with Crippen molar-refractivity contribution in [2.24, 2.45) is 5.73 Å². The van der Waals surface area contributed by atoms with Gasteiger partial charge in [-0.15, -0.1) is 5.92 Å². The maximum Gasteiger partial charge on any atom is 0.137 e. The average Bonchev–Trinajstić information content (AvgIpc) is 2.43. The third kappa shape index (κ3) is 8.22. The standard InChI is InChI=1S/C15H28N2O2/c1-2-6-15(18)13-19-12-8-14(16)7-11-17-9-4-3-5-10-17/h14-15,18H,3-5,7-13,16H2,1H3. The minimum Gasteiger partial charge on any atom is -0.378 e. The van der Waals surface area contributed by atoms with Gasteiger partial charge in [-0.1, -0.05) is 12.3 Å². The molecule has 2 atom stereocenters. The zero-order valence-corrected chi connectivity index (χ0v) is 12.1. The highest BCUT2D eigenvalue weighted by atomic mass is 16.5. The molecular formula is C15H28N2O2. The highest BCUT2D eigenvalue weighted by Crippen LogP contribution is 2.09. The normalized spacial score (nSPS) is 19.5. The second-order valence-electron chi connectivity index (χ2n) is 5.22. The summed E-state index contributed by atoms with van der Waals surface area (Å²) in [6, 6.07) is 0.191. The van der Waals surface area contributed by atoms with Gasteiger partial charge < -0.3 is 20.5 Å². The van der Waals surface area contributed by atoms with Gasteiger partial charge in [-0.05, 0) is 52.2 Å². The number of hydrogen-bond donors (Lipinski definition) is 2. The van der Waals surface area contributed by atoms with E-state index in [0.717, 1.165) is 19.4 Å². The van der Waals surface area contributed by atoms with Crippen LogP contribution in [0.4, 0.5) is 0 Å². The van der Waals surface area contributed by atoms with Gasteiger partial charge >= 0.3 is 0 Å². The average molecular weight is 268 g/mol. The number of ether oxygens (including phenoxy) is 1. The summed E-state index contributed by atoms with van der Waals surface area (Å²) < 4.78 is 5.36. The molecular weight excluding hydrogens is 240 g/mol. The summed E-state index contributed by atoms with van der Waals surface area (Å²) in [6.07, 6.45) is 5.23. The van der Waals surface area contributed by atoms with Crippen molar-refractivity contribution >= 4 is 0 Å². The minimum absolute atomic E-state index is 0.191. The van der Waals surface area contributed by atoms with Gasteiger partial charge in [-0.25, -0.2) is 0 Å². The van der Waals surface area contributed by atoms with Crippen molar-refractivity contribution in [1.29, 1.82) is 0 Å². The molecule has 0 saturated carbocycles. The smallest absolute Gasteiger partial charge is 0.137 e. The Labute approximate surface area is 117 Å². The first-order valence-electron chi connectivity index (χ1n) is 7.38. The zero-order chi connectivity index (χ0) is 13.9. The van der Waals surface area contributed by atoms with E-state index in [0.29, 0.717) is 6.61 Å². The quantitative estimate of drug-likeness (QED) is 0.509. The van der Waals surface area contributed by atoms with Gasteiger partial charge in [0.15, 0.2) is 0 Å². The van der Waals surface area contributed by atoms with Gasteiger partial charge in [0.05, 0.1) is 6.61 Å². The van der Waals surface area contributed by atoms with Crippen molar-refractivity contribution in [2.45, 2.75) is 51.2 Å². The molecule has 0 aromatic heterocycles. The van der Waals surface area contributed by atoms with Crippen molar-refractivity contribution in [1.82, 2.24) is 4.90 Å². The number of aliphatic hydroxyl groups is 1.